The summed E-state index contributed by atoms with van der Waals surface area (Å²) in [5, 5.41) is 6.62. The van der Waals surface area contributed by atoms with Crippen molar-refractivity contribution in [3.8, 4) is 0 Å². The Kier molecular flexibility index (Phi) is 4.67. The fourth-order valence-corrected chi connectivity index (χ4v) is 3.32. The number of hydrogen-bond acceptors (Lipinski definition) is 6. The minimum Gasteiger partial charge on any atom is -0.353 e. The molecule has 3 heterocycles. The van der Waals surface area contributed by atoms with Gasteiger partial charge in [-0.25, -0.2) is 9.97 Å². The molecule has 0 amide bonds. The van der Waals surface area contributed by atoms with Crippen molar-refractivity contribution < 1.29 is 0 Å². The van der Waals surface area contributed by atoms with Gasteiger partial charge in [0.15, 0.2) is 5.13 Å². The van der Waals surface area contributed by atoms with Crippen LogP contribution in [0.2, 0.25) is 0 Å². The van der Waals surface area contributed by atoms with Crippen LogP contribution in [0.5, 0.6) is 0 Å². The third kappa shape index (κ3) is 3.51. The van der Waals surface area contributed by atoms with E-state index in [2.05, 4.69) is 38.5 Å². The van der Waals surface area contributed by atoms with Crippen LogP contribution in [0.3, 0.4) is 0 Å². The monoisotopic (exact) mass is 303 g/mol. The first kappa shape index (κ1) is 14.3. The van der Waals surface area contributed by atoms with Crippen LogP contribution in [0, 0.1) is 0 Å². The van der Waals surface area contributed by atoms with Crippen molar-refractivity contribution in [2.45, 2.75) is 13.5 Å². The molecule has 0 radical (unpaired) electrons. The van der Waals surface area contributed by atoms with E-state index in [1.807, 2.05) is 18.3 Å². The van der Waals surface area contributed by atoms with Crippen molar-refractivity contribution in [3.05, 3.63) is 35.5 Å². The Labute approximate surface area is 129 Å². The summed E-state index contributed by atoms with van der Waals surface area (Å²) >= 11 is 1.74. The molecule has 1 saturated heterocycles. The number of nitrogens with zero attached hydrogens (tertiary/aromatic N) is 4. The van der Waals surface area contributed by atoms with E-state index in [9.17, 15) is 0 Å². The first-order valence-electron chi connectivity index (χ1n) is 7.43. The van der Waals surface area contributed by atoms with E-state index in [-0.39, 0.29) is 0 Å². The first-order valence-corrected chi connectivity index (χ1v) is 8.31. The second kappa shape index (κ2) is 6.87. The molecular formula is C15H21N5S. The minimum absolute atomic E-state index is 0.862. The van der Waals surface area contributed by atoms with E-state index in [0.717, 1.165) is 55.9 Å². The van der Waals surface area contributed by atoms with Crippen molar-refractivity contribution in [2.75, 3.05) is 42.5 Å². The maximum atomic E-state index is 4.72. The molecule has 1 aliphatic rings. The number of aromatic nitrogens is 2. The van der Waals surface area contributed by atoms with Crippen LogP contribution >= 0.6 is 11.3 Å². The molecule has 21 heavy (non-hydrogen) atoms. The molecule has 6 heteroatoms. The molecule has 2 aromatic rings. The third-order valence-electron chi connectivity index (χ3n) is 3.62. The van der Waals surface area contributed by atoms with Gasteiger partial charge in [0.1, 0.15) is 5.82 Å². The van der Waals surface area contributed by atoms with Crippen molar-refractivity contribution in [2.24, 2.45) is 0 Å². The van der Waals surface area contributed by atoms with E-state index in [1.165, 1.54) is 0 Å². The summed E-state index contributed by atoms with van der Waals surface area (Å²) in [6.45, 7) is 7.97. The Bertz CT molecular complexity index is 548. The van der Waals surface area contributed by atoms with E-state index in [0.29, 0.717) is 0 Å². The number of pyridine rings is 1. The molecule has 0 unspecified atom stereocenters. The van der Waals surface area contributed by atoms with Gasteiger partial charge < -0.3 is 15.1 Å². The highest BCUT2D eigenvalue weighted by molar-refractivity contribution is 7.13. The van der Waals surface area contributed by atoms with Gasteiger partial charge in [0.05, 0.1) is 5.69 Å². The summed E-state index contributed by atoms with van der Waals surface area (Å²) in [6, 6.07) is 6.08. The lowest BCUT2D eigenvalue weighted by molar-refractivity contribution is 0.643. The van der Waals surface area contributed by atoms with Gasteiger partial charge in [-0.2, -0.15) is 0 Å². The Morgan fingerprint density at radius 3 is 2.71 bits per heavy atom. The fourth-order valence-electron chi connectivity index (χ4n) is 2.44. The predicted molar refractivity (Wildman–Crippen MR) is 88.2 cm³/mol. The molecule has 0 saturated carbocycles. The highest BCUT2D eigenvalue weighted by Gasteiger charge is 2.20. The third-order valence-corrected chi connectivity index (χ3v) is 4.57. The maximum absolute atomic E-state index is 4.72. The van der Waals surface area contributed by atoms with Crippen molar-refractivity contribution in [1.29, 1.82) is 0 Å². The molecule has 2 aromatic heterocycles. The Morgan fingerprint density at radius 2 is 2.00 bits per heavy atom. The van der Waals surface area contributed by atoms with Crippen LogP contribution in [-0.2, 0) is 6.54 Å². The van der Waals surface area contributed by atoms with Crippen LogP contribution in [0.4, 0.5) is 10.9 Å². The molecule has 3 rings (SSSR count). The SMILES string of the molecule is CCNCc1csc(N2CCN(c3ccccn3)CC2)n1. The molecule has 0 atom stereocenters. The largest absolute Gasteiger partial charge is 0.353 e. The van der Waals surface area contributed by atoms with Crippen LogP contribution in [0.25, 0.3) is 0 Å². The van der Waals surface area contributed by atoms with Gasteiger partial charge in [-0.1, -0.05) is 13.0 Å². The van der Waals surface area contributed by atoms with Crippen molar-refractivity contribution in [3.63, 3.8) is 0 Å². The summed E-state index contributed by atoms with van der Waals surface area (Å²) < 4.78 is 0. The zero-order valence-corrected chi connectivity index (χ0v) is 13.1. The zero-order chi connectivity index (χ0) is 14.5. The van der Waals surface area contributed by atoms with Crippen LogP contribution in [0.1, 0.15) is 12.6 Å². The molecule has 0 bridgehead atoms. The summed E-state index contributed by atoms with van der Waals surface area (Å²) in [6.07, 6.45) is 1.86. The Morgan fingerprint density at radius 1 is 1.19 bits per heavy atom. The molecule has 1 N–H and O–H groups in total. The van der Waals surface area contributed by atoms with Gasteiger partial charge in [0, 0.05) is 44.3 Å². The zero-order valence-electron chi connectivity index (χ0n) is 12.3. The topological polar surface area (TPSA) is 44.3 Å². The summed E-state index contributed by atoms with van der Waals surface area (Å²) in [7, 11) is 0. The van der Waals surface area contributed by atoms with E-state index in [4.69, 9.17) is 4.98 Å². The number of anilines is 2. The highest BCUT2D eigenvalue weighted by atomic mass is 32.1. The molecule has 0 aromatic carbocycles. The fraction of sp³-hybridized carbons (Fsp3) is 0.467. The second-order valence-electron chi connectivity index (χ2n) is 5.06. The quantitative estimate of drug-likeness (QED) is 0.915. The molecule has 1 fully saturated rings. The van der Waals surface area contributed by atoms with Crippen molar-refractivity contribution in [1.82, 2.24) is 15.3 Å². The summed E-state index contributed by atoms with van der Waals surface area (Å²) in [4.78, 5) is 13.9. The average Bonchev–Trinajstić information content (AvgIpc) is 3.03. The van der Waals surface area contributed by atoms with E-state index in [1.54, 1.807) is 11.3 Å². The van der Waals surface area contributed by atoms with Gasteiger partial charge >= 0.3 is 0 Å². The van der Waals surface area contributed by atoms with Crippen LogP contribution in [-0.4, -0.2) is 42.7 Å². The number of piperazine rings is 1. The second-order valence-corrected chi connectivity index (χ2v) is 5.90. The van der Waals surface area contributed by atoms with E-state index >= 15 is 0 Å². The molecule has 5 nitrogen and oxygen atoms in total. The molecule has 0 aliphatic carbocycles. The number of thiazole rings is 1. The van der Waals surface area contributed by atoms with Crippen LogP contribution in [0.15, 0.2) is 29.8 Å². The van der Waals surface area contributed by atoms with Gasteiger partial charge in [-0.05, 0) is 18.7 Å². The number of nitrogens with one attached hydrogen (secondary N) is 1. The Hall–Kier alpha value is -1.66. The maximum Gasteiger partial charge on any atom is 0.185 e. The lowest BCUT2D eigenvalue weighted by Gasteiger charge is -2.35. The molecule has 112 valence electrons. The lowest BCUT2D eigenvalue weighted by atomic mass is 10.3. The predicted octanol–water partition coefficient (Wildman–Crippen LogP) is 1.97. The first-order chi connectivity index (χ1) is 10.4. The van der Waals surface area contributed by atoms with Gasteiger partial charge in [-0.15, -0.1) is 11.3 Å². The molecule has 0 spiro atoms. The van der Waals surface area contributed by atoms with Crippen molar-refractivity contribution >= 4 is 22.3 Å². The smallest absolute Gasteiger partial charge is 0.185 e. The molecule has 1 aliphatic heterocycles. The lowest BCUT2D eigenvalue weighted by Crippen LogP contribution is -2.46. The number of rotatable bonds is 5. The van der Waals surface area contributed by atoms with E-state index < -0.39 is 0 Å². The average molecular weight is 303 g/mol. The molecular weight excluding hydrogens is 282 g/mol. The number of hydrogen-bond donors (Lipinski definition) is 1. The minimum atomic E-state index is 0.862. The van der Waals surface area contributed by atoms with Crippen LogP contribution < -0.4 is 15.1 Å². The highest BCUT2D eigenvalue weighted by Crippen LogP contribution is 2.23. The normalized spacial score (nSPS) is 15.5. The van der Waals surface area contributed by atoms with Gasteiger partial charge in [0.25, 0.3) is 0 Å². The summed E-state index contributed by atoms with van der Waals surface area (Å²) in [5.74, 6) is 1.07. The summed E-state index contributed by atoms with van der Waals surface area (Å²) in [5.41, 5.74) is 1.14. The standard InChI is InChI=1S/C15H21N5S/c1-2-16-11-13-12-21-15(18-13)20-9-7-19(8-10-20)14-5-3-4-6-17-14/h3-6,12,16H,2,7-11H2,1H3. The van der Waals surface area contributed by atoms with Gasteiger partial charge in [-0.3, -0.25) is 0 Å². The Balaban J connectivity index is 1.57. The van der Waals surface area contributed by atoms with Gasteiger partial charge in [0.2, 0.25) is 0 Å².